The number of benzene rings is 1. The molecule has 1 heterocycles. The van der Waals surface area contributed by atoms with Gasteiger partial charge in [0.2, 0.25) is 0 Å². The molecule has 2 atom stereocenters. The zero-order valence-electron chi connectivity index (χ0n) is 14.8. The zero-order chi connectivity index (χ0) is 18.4. The third-order valence-corrected chi connectivity index (χ3v) is 4.97. The van der Waals surface area contributed by atoms with Crippen LogP contribution in [0.4, 0.5) is 9.59 Å². The van der Waals surface area contributed by atoms with Crippen molar-refractivity contribution < 1.29 is 19.1 Å². The molecule has 138 valence electrons. The molecule has 2 rings (SSSR count). The molecule has 1 aliphatic heterocycles. The van der Waals surface area contributed by atoms with E-state index in [1.54, 1.807) is 25.7 Å². The summed E-state index contributed by atoms with van der Waals surface area (Å²) in [4.78, 5) is 26.2. The normalized spacial score (nSPS) is 20.7. The predicted molar refractivity (Wildman–Crippen MR) is 104 cm³/mol. The third-order valence-electron chi connectivity index (χ3n) is 3.66. The number of nitrogens with one attached hydrogen (secondary N) is 1. The molecule has 2 amide bonds. The lowest BCUT2D eigenvalue weighted by Crippen LogP contribution is -2.58. The molecule has 1 saturated heterocycles. The van der Waals surface area contributed by atoms with Crippen molar-refractivity contribution in [1.82, 2.24) is 10.2 Å². The zero-order valence-corrected chi connectivity index (χ0v) is 17.0. The van der Waals surface area contributed by atoms with Crippen LogP contribution in [-0.2, 0) is 16.1 Å². The summed E-state index contributed by atoms with van der Waals surface area (Å²) >= 11 is 2.26. The Morgan fingerprint density at radius 2 is 1.96 bits per heavy atom. The van der Waals surface area contributed by atoms with Crippen LogP contribution in [0, 0.1) is 0 Å². The van der Waals surface area contributed by atoms with Gasteiger partial charge < -0.3 is 9.47 Å². The predicted octanol–water partition coefficient (Wildman–Crippen LogP) is 4.07. The number of halogens is 1. The minimum atomic E-state index is -0.585. The molecule has 0 aliphatic carbocycles. The van der Waals surface area contributed by atoms with E-state index in [1.165, 1.54) is 0 Å². The Bertz CT molecular complexity index is 588. The molecule has 0 bridgehead atoms. The lowest BCUT2D eigenvalue weighted by atomic mass is 10.1. The Morgan fingerprint density at radius 1 is 1.28 bits per heavy atom. The van der Waals surface area contributed by atoms with Crippen LogP contribution >= 0.6 is 22.6 Å². The van der Waals surface area contributed by atoms with Gasteiger partial charge in [-0.3, -0.25) is 10.2 Å². The van der Waals surface area contributed by atoms with Crippen LogP contribution < -0.4 is 5.32 Å². The Balaban J connectivity index is 1.97. The van der Waals surface area contributed by atoms with Gasteiger partial charge in [-0.05, 0) is 39.2 Å². The molecule has 7 heteroatoms. The summed E-state index contributed by atoms with van der Waals surface area (Å²) in [5.74, 6) is 0. The van der Waals surface area contributed by atoms with Crippen molar-refractivity contribution in [3.05, 3.63) is 35.9 Å². The number of ether oxygens (including phenoxy) is 2. The average molecular weight is 460 g/mol. The fourth-order valence-electron chi connectivity index (χ4n) is 2.55. The van der Waals surface area contributed by atoms with Gasteiger partial charge in [-0.1, -0.05) is 52.9 Å². The van der Waals surface area contributed by atoms with Gasteiger partial charge in [-0.25, -0.2) is 9.59 Å². The summed E-state index contributed by atoms with van der Waals surface area (Å²) < 4.78 is 10.8. The Kier molecular flexibility index (Phi) is 6.92. The highest BCUT2D eigenvalue weighted by Gasteiger charge is 2.36. The molecule has 1 aromatic carbocycles. The monoisotopic (exact) mass is 460 g/mol. The second-order valence-corrected chi connectivity index (χ2v) is 8.58. The van der Waals surface area contributed by atoms with E-state index in [-0.39, 0.29) is 10.5 Å². The topological polar surface area (TPSA) is 67.9 Å². The van der Waals surface area contributed by atoms with Crippen LogP contribution in [0.15, 0.2) is 30.3 Å². The van der Waals surface area contributed by atoms with Crippen molar-refractivity contribution in [3.8, 4) is 0 Å². The molecule has 6 nitrogen and oxygen atoms in total. The number of carbonyl (C=O) groups is 2. The van der Waals surface area contributed by atoms with Crippen molar-refractivity contribution in [2.45, 2.75) is 55.9 Å². The van der Waals surface area contributed by atoms with Gasteiger partial charge in [0.25, 0.3) is 0 Å². The summed E-state index contributed by atoms with van der Waals surface area (Å²) in [7, 11) is 0. The number of nitrogens with zero attached hydrogens (tertiary/aromatic N) is 1. The van der Waals surface area contributed by atoms with Crippen molar-refractivity contribution in [3.63, 3.8) is 0 Å². The smallest absolute Gasteiger partial charge is 0.411 e. The first-order valence-electron chi connectivity index (χ1n) is 8.37. The Hall–Kier alpha value is -1.51. The van der Waals surface area contributed by atoms with Gasteiger partial charge >= 0.3 is 12.2 Å². The highest BCUT2D eigenvalue weighted by molar-refractivity contribution is 14.1. The molecule has 1 N–H and O–H groups in total. The summed E-state index contributed by atoms with van der Waals surface area (Å²) in [6.45, 7) is 6.18. The van der Waals surface area contributed by atoms with Gasteiger partial charge in [-0.2, -0.15) is 0 Å². The summed E-state index contributed by atoms with van der Waals surface area (Å²) in [5, 5.41) is 2.81. The van der Waals surface area contributed by atoms with Gasteiger partial charge in [0.15, 0.2) is 0 Å². The van der Waals surface area contributed by atoms with Crippen LogP contribution in [0.3, 0.4) is 0 Å². The molecule has 25 heavy (non-hydrogen) atoms. The van der Waals surface area contributed by atoms with Gasteiger partial charge in [0, 0.05) is 6.54 Å². The molecule has 1 fully saturated rings. The van der Waals surface area contributed by atoms with Gasteiger partial charge in [0.05, 0.1) is 3.92 Å². The van der Waals surface area contributed by atoms with Crippen molar-refractivity contribution in [2.24, 2.45) is 0 Å². The first kappa shape index (κ1) is 19.8. The van der Waals surface area contributed by atoms with Crippen molar-refractivity contribution in [2.75, 3.05) is 6.54 Å². The molecule has 1 aromatic rings. The van der Waals surface area contributed by atoms with Crippen LogP contribution in [0.25, 0.3) is 0 Å². The standard InChI is InChI=1S/C18H25IN2O4/c1-18(2,3)25-16(22)20-15-14(19)10-7-11-21(15)17(23)24-12-13-8-5-4-6-9-13/h4-6,8-9,14-15H,7,10-12H2,1-3H3,(H,20,22)/t14-,15-/m1/s1. The van der Waals surface area contributed by atoms with Gasteiger partial charge in [-0.15, -0.1) is 0 Å². The molecule has 0 saturated carbocycles. The SMILES string of the molecule is CC(C)(C)OC(=O)N[C@H]1[C@H](I)CCCN1C(=O)OCc1ccccc1. The number of likely N-dealkylation sites (tertiary alicyclic amines) is 1. The summed E-state index contributed by atoms with van der Waals surface area (Å²) in [6, 6.07) is 9.52. The number of rotatable bonds is 3. The van der Waals surface area contributed by atoms with Crippen LogP contribution in [0.1, 0.15) is 39.2 Å². The van der Waals surface area contributed by atoms with E-state index >= 15 is 0 Å². The van der Waals surface area contributed by atoms with E-state index in [0.29, 0.717) is 6.54 Å². The number of alkyl halides is 1. The molecule has 0 spiro atoms. The molecular formula is C18H25IN2O4. The molecular weight excluding hydrogens is 435 g/mol. The van der Waals surface area contributed by atoms with Crippen LogP contribution in [0.5, 0.6) is 0 Å². The summed E-state index contributed by atoms with van der Waals surface area (Å²) in [5.41, 5.74) is 0.341. The van der Waals surface area contributed by atoms with E-state index in [4.69, 9.17) is 9.47 Å². The number of amides is 2. The first-order valence-corrected chi connectivity index (χ1v) is 9.62. The van der Waals surface area contributed by atoms with Crippen LogP contribution in [0.2, 0.25) is 0 Å². The van der Waals surface area contributed by atoms with E-state index < -0.39 is 24.0 Å². The Labute approximate surface area is 162 Å². The highest BCUT2D eigenvalue weighted by atomic mass is 127. The second-order valence-electron chi connectivity index (χ2n) is 6.98. The maximum Gasteiger partial charge on any atom is 0.411 e. The van der Waals surface area contributed by atoms with E-state index in [9.17, 15) is 9.59 Å². The van der Waals surface area contributed by atoms with Crippen molar-refractivity contribution in [1.29, 1.82) is 0 Å². The van der Waals surface area contributed by atoms with Crippen LogP contribution in [-0.4, -0.2) is 39.3 Å². The third kappa shape index (κ3) is 6.37. The van der Waals surface area contributed by atoms with Gasteiger partial charge in [0.1, 0.15) is 18.4 Å². The minimum absolute atomic E-state index is 0.100. The summed E-state index contributed by atoms with van der Waals surface area (Å²) in [6.07, 6.45) is 0.407. The van der Waals surface area contributed by atoms with Crippen molar-refractivity contribution >= 4 is 34.8 Å². The number of hydrogen-bond donors (Lipinski definition) is 1. The number of alkyl carbamates (subject to hydrolysis) is 1. The minimum Gasteiger partial charge on any atom is -0.444 e. The fraction of sp³-hybridized carbons (Fsp3) is 0.556. The maximum absolute atomic E-state index is 12.5. The Morgan fingerprint density at radius 3 is 2.60 bits per heavy atom. The van der Waals surface area contributed by atoms with E-state index in [2.05, 4.69) is 27.9 Å². The number of carbonyl (C=O) groups excluding carboxylic acids is 2. The largest absolute Gasteiger partial charge is 0.444 e. The fourth-order valence-corrected chi connectivity index (χ4v) is 3.56. The lowest BCUT2D eigenvalue weighted by molar-refractivity contribution is 0.0334. The first-order chi connectivity index (χ1) is 11.8. The molecule has 1 aliphatic rings. The molecule has 0 radical (unpaired) electrons. The highest BCUT2D eigenvalue weighted by Crippen LogP contribution is 2.24. The lowest BCUT2D eigenvalue weighted by Gasteiger charge is -2.38. The maximum atomic E-state index is 12.5. The number of hydrogen-bond acceptors (Lipinski definition) is 4. The van der Waals surface area contributed by atoms with E-state index in [0.717, 1.165) is 18.4 Å². The molecule has 0 unspecified atom stereocenters. The molecule has 0 aromatic heterocycles. The quantitative estimate of drug-likeness (QED) is 0.546. The van der Waals surface area contributed by atoms with E-state index in [1.807, 2.05) is 30.3 Å². The second kappa shape index (κ2) is 8.73. The number of piperidine rings is 1. The average Bonchev–Trinajstić information content (AvgIpc) is 2.54.